The maximum atomic E-state index is 11.8. The predicted octanol–water partition coefficient (Wildman–Crippen LogP) is 3.21. The number of halogens is 1. The van der Waals surface area contributed by atoms with Crippen molar-refractivity contribution in [1.82, 2.24) is 0 Å². The Morgan fingerprint density at radius 1 is 1.53 bits per heavy atom. The second-order valence-electron chi connectivity index (χ2n) is 4.20. The maximum Gasteiger partial charge on any atom is 0.241 e. The molecule has 0 spiro atoms. The largest absolute Gasteiger partial charge is 0.325 e. The Kier molecular flexibility index (Phi) is 5.65. The fourth-order valence-electron chi connectivity index (χ4n) is 1.46. The van der Waals surface area contributed by atoms with Gasteiger partial charge in [-0.15, -0.1) is 0 Å². The Balaban J connectivity index is 2.58. The monoisotopic (exact) mass is 298 g/mol. The molecule has 0 aliphatic rings. The van der Waals surface area contributed by atoms with Crippen LogP contribution in [0.3, 0.4) is 0 Å². The van der Waals surface area contributed by atoms with Crippen LogP contribution in [-0.4, -0.2) is 11.9 Å². The SMILES string of the molecule is CCCCC(N)C(=O)Nc1ccc(C)c(Br)c1. The number of hydrogen-bond acceptors (Lipinski definition) is 2. The highest BCUT2D eigenvalue weighted by molar-refractivity contribution is 9.10. The summed E-state index contributed by atoms with van der Waals surface area (Å²) in [6.45, 7) is 4.09. The van der Waals surface area contributed by atoms with Gasteiger partial charge in [0, 0.05) is 10.2 Å². The Labute approximate surface area is 111 Å². The fourth-order valence-corrected chi connectivity index (χ4v) is 1.84. The van der Waals surface area contributed by atoms with E-state index in [-0.39, 0.29) is 5.91 Å². The lowest BCUT2D eigenvalue weighted by Crippen LogP contribution is -2.35. The molecule has 0 saturated carbocycles. The molecule has 3 nitrogen and oxygen atoms in total. The van der Waals surface area contributed by atoms with E-state index < -0.39 is 6.04 Å². The summed E-state index contributed by atoms with van der Waals surface area (Å²) in [6, 6.07) is 5.30. The van der Waals surface area contributed by atoms with Crippen molar-refractivity contribution >= 4 is 27.5 Å². The minimum Gasteiger partial charge on any atom is -0.325 e. The van der Waals surface area contributed by atoms with E-state index in [0.29, 0.717) is 0 Å². The first-order valence-corrected chi connectivity index (χ1v) is 6.66. The van der Waals surface area contributed by atoms with Gasteiger partial charge in [0.1, 0.15) is 0 Å². The summed E-state index contributed by atoms with van der Waals surface area (Å²) >= 11 is 3.43. The summed E-state index contributed by atoms with van der Waals surface area (Å²) in [7, 11) is 0. The molecule has 0 aromatic heterocycles. The minimum absolute atomic E-state index is 0.116. The van der Waals surface area contributed by atoms with E-state index in [4.69, 9.17) is 5.73 Å². The molecule has 1 unspecified atom stereocenters. The van der Waals surface area contributed by atoms with Gasteiger partial charge in [-0.05, 0) is 31.0 Å². The maximum absolute atomic E-state index is 11.8. The van der Waals surface area contributed by atoms with Crippen LogP contribution in [0.15, 0.2) is 22.7 Å². The van der Waals surface area contributed by atoms with Crippen LogP contribution in [0.2, 0.25) is 0 Å². The van der Waals surface area contributed by atoms with Crippen molar-refractivity contribution in [1.29, 1.82) is 0 Å². The van der Waals surface area contributed by atoms with Gasteiger partial charge in [-0.2, -0.15) is 0 Å². The highest BCUT2D eigenvalue weighted by Crippen LogP contribution is 2.20. The third-order valence-electron chi connectivity index (χ3n) is 2.64. The van der Waals surface area contributed by atoms with Crippen molar-refractivity contribution in [3.63, 3.8) is 0 Å². The number of hydrogen-bond donors (Lipinski definition) is 2. The summed E-state index contributed by atoms with van der Waals surface area (Å²) in [6.07, 6.45) is 2.76. The second kappa shape index (κ2) is 6.77. The highest BCUT2D eigenvalue weighted by Gasteiger charge is 2.12. The van der Waals surface area contributed by atoms with Gasteiger partial charge in [0.05, 0.1) is 6.04 Å². The Bertz CT molecular complexity index is 393. The quantitative estimate of drug-likeness (QED) is 0.877. The number of benzene rings is 1. The molecule has 0 radical (unpaired) electrons. The van der Waals surface area contributed by atoms with Crippen LogP contribution in [0.25, 0.3) is 0 Å². The summed E-state index contributed by atoms with van der Waals surface area (Å²) in [4.78, 5) is 11.8. The van der Waals surface area contributed by atoms with E-state index >= 15 is 0 Å². The van der Waals surface area contributed by atoms with Crippen LogP contribution in [0.4, 0.5) is 5.69 Å². The van der Waals surface area contributed by atoms with Crippen LogP contribution in [0, 0.1) is 6.92 Å². The molecule has 1 rings (SSSR count). The van der Waals surface area contributed by atoms with Crippen molar-refractivity contribution in [3.8, 4) is 0 Å². The van der Waals surface area contributed by atoms with Crippen LogP contribution >= 0.6 is 15.9 Å². The van der Waals surface area contributed by atoms with E-state index in [1.165, 1.54) is 0 Å². The van der Waals surface area contributed by atoms with Gasteiger partial charge >= 0.3 is 0 Å². The average Bonchev–Trinajstić information content (AvgIpc) is 2.30. The van der Waals surface area contributed by atoms with Gasteiger partial charge in [-0.3, -0.25) is 4.79 Å². The number of nitrogens with two attached hydrogens (primary N) is 1. The molecule has 0 saturated heterocycles. The number of unbranched alkanes of at least 4 members (excludes halogenated alkanes) is 1. The zero-order valence-corrected chi connectivity index (χ0v) is 11.9. The molecule has 4 heteroatoms. The number of rotatable bonds is 5. The van der Waals surface area contributed by atoms with Crippen molar-refractivity contribution in [2.75, 3.05) is 5.32 Å². The Morgan fingerprint density at radius 3 is 2.82 bits per heavy atom. The number of aryl methyl sites for hydroxylation is 1. The smallest absolute Gasteiger partial charge is 0.241 e. The van der Waals surface area contributed by atoms with Crippen molar-refractivity contribution in [3.05, 3.63) is 28.2 Å². The number of anilines is 1. The first-order valence-electron chi connectivity index (χ1n) is 5.87. The normalized spacial score (nSPS) is 12.2. The third kappa shape index (κ3) is 4.48. The van der Waals surface area contributed by atoms with E-state index in [1.54, 1.807) is 0 Å². The van der Waals surface area contributed by atoms with Crippen LogP contribution in [0.1, 0.15) is 31.7 Å². The van der Waals surface area contributed by atoms with Gasteiger partial charge in [0.25, 0.3) is 0 Å². The van der Waals surface area contributed by atoms with E-state index in [1.807, 2.05) is 25.1 Å². The van der Waals surface area contributed by atoms with Crippen molar-refractivity contribution in [2.45, 2.75) is 39.2 Å². The first kappa shape index (κ1) is 14.2. The van der Waals surface area contributed by atoms with Crippen LogP contribution in [-0.2, 0) is 4.79 Å². The number of carbonyl (C=O) groups is 1. The molecule has 1 aromatic rings. The molecule has 94 valence electrons. The standard InChI is InChI=1S/C13H19BrN2O/c1-3-4-5-12(15)13(17)16-10-7-6-9(2)11(14)8-10/h6-8,12H,3-5,15H2,1-2H3,(H,16,17). The zero-order chi connectivity index (χ0) is 12.8. The highest BCUT2D eigenvalue weighted by atomic mass is 79.9. The van der Waals surface area contributed by atoms with Crippen LogP contribution in [0.5, 0.6) is 0 Å². The molecule has 0 aliphatic carbocycles. The molecule has 1 amide bonds. The number of nitrogens with one attached hydrogen (secondary N) is 1. The van der Waals surface area contributed by atoms with Gasteiger partial charge in [-0.1, -0.05) is 41.8 Å². The summed E-state index contributed by atoms with van der Waals surface area (Å²) in [5.74, 6) is -0.116. The first-order chi connectivity index (χ1) is 8.04. The van der Waals surface area contributed by atoms with E-state index in [2.05, 4.69) is 28.2 Å². The summed E-state index contributed by atoms with van der Waals surface area (Å²) < 4.78 is 0.984. The van der Waals surface area contributed by atoms with E-state index in [9.17, 15) is 4.79 Å². The molecule has 3 N–H and O–H groups in total. The molecular formula is C13H19BrN2O. The molecule has 17 heavy (non-hydrogen) atoms. The van der Waals surface area contributed by atoms with Crippen LogP contribution < -0.4 is 11.1 Å². The molecule has 0 heterocycles. The summed E-state index contributed by atoms with van der Waals surface area (Å²) in [5, 5.41) is 2.82. The Hall–Kier alpha value is -0.870. The van der Waals surface area contributed by atoms with Gasteiger partial charge in [-0.25, -0.2) is 0 Å². The number of amides is 1. The summed E-state index contributed by atoms with van der Waals surface area (Å²) in [5.41, 5.74) is 7.71. The van der Waals surface area contributed by atoms with Gasteiger partial charge in [0.15, 0.2) is 0 Å². The minimum atomic E-state index is -0.421. The second-order valence-corrected chi connectivity index (χ2v) is 5.06. The zero-order valence-electron chi connectivity index (χ0n) is 10.3. The fraction of sp³-hybridized carbons (Fsp3) is 0.462. The molecule has 1 aromatic carbocycles. The van der Waals surface area contributed by atoms with Crippen molar-refractivity contribution in [2.24, 2.45) is 5.73 Å². The lowest BCUT2D eigenvalue weighted by Gasteiger charge is -2.12. The van der Waals surface area contributed by atoms with Gasteiger partial charge < -0.3 is 11.1 Å². The molecule has 1 atom stereocenters. The molecular weight excluding hydrogens is 280 g/mol. The molecule has 0 aliphatic heterocycles. The molecule has 0 fully saturated rings. The third-order valence-corrected chi connectivity index (χ3v) is 3.50. The van der Waals surface area contributed by atoms with Crippen molar-refractivity contribution < 1.29 is 4.79 Å². The van der Waals surface area contributed by atoms with Gasteiger partial charge in [0.2, 0.25) is 5.91 Å². The number of carbonyl (C=O) groups excluding carboxylic acids is 1. The average molecular weight is 299 g/mol. The lowest BCUT2D eigenvalue weighted by atomic mass is 10.1. The van der Waals surface area contributed by atoms with E-state index in [0.717, 1.165) is 35.0 Å². The molecule has 0 bridgehead atoms. The predicted molar refractivity (Wildman–Crippen MR) is 75.0 cm³/mol. The topological polar surface area (TPSA) is 55.1 Å². The lowest BCUT2D eigenvalue weighted by molar-refractivity contribution is -0.117. The Morgan fingerprint density at radius 2 is 2.24 bits per heavy atom.